The van der Waals surface area contributed by atoms with Gasteiger partial charge in [0.2, 0.25) is 5.91 Å². The van der Waals surface area contributed by atoms with E-state index in [2.05, 4.69) is 20.6 Å². The Bertz CT molecular complexity index is 638. The number of anilines is 4. The highest BCUT2D eigenvalue weighted by Crippen LogP contribution is 2.26. The fourth-order valence-corrected chi connectivity index (χ4v) is 1.74. The van der Waals surface area contributed by atoms with E-state index in [4.69, 9.17) is 11.5 Å². The highest BCUT2D eigenvalue weighted by atomic mass is 16.1. The van der Waals surface area contributed by atoms with Gasteiger partial charge in [-0.25, -0.2) is 9.97 Å². The molecule has 2 aromatic rings. The molecule has 0 aliphatic heterocycles. The second-order valence-corrected chi connectivity index (χ2v) is 4.85. The Morgan fingerprint density at radius 3 is 2.33 bits per heavy atom. The molecule has 1 aromatic carbocycles. The molecule has 0 aliphatic carbocycles. The van der Waals surface area contributed by atoms with Crippen LogP contribution in [-0.4, -0.2) is 21.9 Å². The summed E-state index contributed by atoms with van der Waals surface area (Å²) in [7, 11) is 0. The van der Waals surface area contributed by atoms with Crippen molar-refractivity contribution >= 4 is 28.9 Å². The van der Waals surface area contributed by atoms with Crippen LogP contribution >= 0.6 is 0 Å². The molecule has 0 fully saturated rings. The van der Waals surface area contributed by atoms with E-state index in [-0.39, 0.29) is 6.04 Å². The molecule has 1 amide bonds. The molecular formula is C14H18N6O. The number of aromatic nitrogens is 2. The van der Waals surface area contributed by atoms with Crippen LogP contribution < -0.4 is 22.1 Å². The number of carbonyl (C=O) groups excluding carboxylic acids is 1. The quantitative estimate of drug-likeness (QED) is 0.664. The van der Waals surface area contributed by atoms with Crippen molar-refractivity contribution in [3.05, 3.63) is 36.2 Å². The number of hydrogen-bond acceptors (Lipinski definition) is 6. The van der Waals surface area contributed by atoms with E-state index in [0.29, 0.717) is 22.9 Å². The smallest absolute Gasteiger partial charge is 0.248 e. The Balaban J connectivity index is 2.21. The summed E-state index contributed by atoms with van der Waals surface area (Å²) in [6.07, 6.45) is 1.43. The maximum absolute atomic E-state index is 11.0. The van der Waals surface area contributed by atoms with Crippen molar-refractivity contribution in [3.8, 4) is 0 Å². The fourth-order valence-electron chi connectivity index (χ4n) is 1.74. The van der Waals surface area contributed by atoms with Crippen molar-refractivity contribution in [2.45, 2.75) is 19.9 Å². The van der Waals surface area contributed by atoms with Crippen LogP contribution in [0.1, 0.15) is 24.2 Å². The molecule has 7 nitrogen and oxygen atoms in total. The van der Waals surface area contributed by atoms with Gasteiger partial charge in [-0.05, 0) is 38.1 Å². The van der Waals surface area contributed by atoms with Gasteiger partial charge in [-0.3, -0.25) is 4.79 Å². The Morgan fingerprint density at radius 1 is 1.14 bits per heavy atom. The van der Waals surface area contributed by atoms with Gasteiger partial charge in [0.15, 0.2) is 11.6 Å². The molecule has 6 N–H and O–H groups in total. The lowest BCUT2D eigenvalue weighted by Crippen LogP contribution is -2.14. The highest BCUT2D eigenvalue weighted by Gasteiger charge is 2.09. The number of nitrogen functional groups attached to an aromatic ring is 1. The zero-order valence-electron chi connectivity index (χ0n) is 11.9. The molecule has 0 saturated heterocycles. The van der Waals surface area contributed by atoms with E-state index in [0.717, 1.165) is 5.69 Å². The molecule has 0 radical (unpaired) electrons. The van der Waals surface area contributed by atoms with E-state index in [1.807, 2.05) is 13.8 Å². The summed E-state index contributed by atoms with van der Waals surface area (Å²) in [6, 6.07) is 6.95. The second-order valence-electron chi connectivity index (χ2n) is 4.85. The predicted molar refractivity (Wildman–Crippen MR) is 83.4 cm³/mol. The van der Waals surface area contributed by atoms with Crippen LogP contribution in [0.15, 0.2) is 30.6 Å². The summed E-state index contributed by atoms with van der Waals surface area (Å²) in [6.45, 7) is 3.99. The fraction of sp³-hybridized carbons (Fsp3) is 0.214. The minimum Gasteiger partial charge on any atom is -0.393 e. The summed E-state index contributed by atoms with van der Waals surface area (Å²) in [5.41, 5.74) is 12.9. The minimum absolute atomic E-state index is 0.213. The van der Waals surface area contributed by atoms with Crippen molar-refractivity contribution in [2.24, 2.45) is 5.73 Å². The highest BCUT2D eigenvalue weighted by molar-refractivity contribution is 5.93. The van der Waals surface area contributed by atoms with Crippen LogP contribution in [0.25, 0.3) is 0 Å². The number of nitrogens with two attached hydrogens (primary N) is 2. The number of hydrogen-bond donors (Lipinski definition) is 4. The Kier molecular flexibility index (Phi) is 4.22. The lowest BCUT2D eigenvalue weighted by atomic mass is 10.2. The number of carbonyl (C=O) groups is 1. The summed E-state index contributed by atoms with van der Waals surface area (Å²) < 4.78 is 0. The molecule has 2 rings (SSSR count). The van der Waals surface area contributed by atoms with Gasteiger partial charge in [-0.1, -0.05) is 0 Å². The molecular weight excluding hydrogens is 268 g/mol. The molecule has 0 atom stereocenters. The molecule has 0 unspecified atom stereocenters. The monoisotopic (exact) mass is 286 g/mol. The van der Waals surface area contributed by atoms with Crippen LogP contribution in [0.3, 0.4) is 0 Å². The number of primary amides is 1. The van der Waals surface area contributed by atoms with Crippen molar-refractivity contribution in [3.63, 3.8) is 0 Å². The molecule has 0 saturated carbocycles. The van der Waals surface area contributed by atoms with Crippen LogP contribution in [0.5, 0.6) is 0 Å². The molecule has 1 aromatic heterocycles. The van der Waals surface area contributed by atoms with Gasteiger partial charge in [0.05, 0.1) is 0 Å². The Labute approximate surface area is 122 Å². The molecule has 1 heterocycles. The lowest BCUT2D eigenvalue weighted by Gasteiger charge is -2.14. The number of nitrogens with zero attached hydrogens (tertiary/aromatic N) is 2. The predicted octanol–water partition coefficient (Wildman–Crippen LogP) is 1.72. The zero-order chi connectivity index (χ0) is 15.4. The first kappa shape index (κ1) is 14.6. The molecule has 0 spiro atoms. The number of rotatable bonds is 5. The van der Waals surface area contributed by atoms with Crippen LogP contribution in [-0.2, 0) is 0 Å². The summed E-state index contributed by atoms with van der Waals surface area (Å²) >= 11 is 0. The average molecular weight is 286 g/mol. The first-order chi connectivity index (χ1) is 9.97. The van der Waals surface area contributed by atoms with Gasteiger partial charge in [0, 0.05) is 17.3 Å². The third kappa shape index (κ3) is 3.59. The van der Waals surface area contributed by atoms with Crippen molar-refractivity contribution in [2.75, 3.05) is 16.4 Å². The largest absolute Gasteiger partial charge is 0.393 e. The summed E-state index contributed by atoms with van der Waals surface area (Å²) in [5, 5.41) is 6.23. The number of benzene rings is 1. The van der Waals surface area contributed by atoms with E-state index < -0.39 is 5.91 Å². The maximum atomic E-state index is 11.0. The van der Waals surface area contributed by atoms with Gasteiger partial charge in [-0.15, -0.1) is 0 Å². The lowest BCUT2D eigenvalue weighted by molar-refractivity contribution is 0.100. The molecule has 7 heteroatoms. The first-order valence-electron chi connectivity index (χ1n) is 6.51. The van der Waals surface area contributed by atoms with E-state index in [9.17, 15) is 4.79 Å². The average Bonchev–Trinajstić information content (AvgIpc) is 2.43. The maximum Gasteiger partial charge on any atom is 0.248 e. The van der Waals surface area contributed by atoms with Crippen molar-refractivity contribution < 1.29 is 4.79 Å². The van der Waals surface area contributed by atoms with Gasteiger partial charge in [0.1, 0.15) is 12.0 Å². The summed E-state index contributed by atoms with van der Waals surface area (Å²) in [4.78, 5) is 19.3. The topological polar surface area (TPSA) is 119 Å². The third-order valence-electron chi connectivity index (χ3n) is 2.74. The molecule has 21 heavy (non-hydrogen) atoms. The van der Waals surface area contributed by atoms with Crippen molar-refractivity contribution in [1.82, 2.24) is 9.97 Å². The molecule has 0 bridgehead atoms. The second kappa shape index (κ2) is 6.08. The van der Waals surface area contributed by atoms with Gasteiger partial charge in [0.25, 0.3) is 0 Å². The summed E-state index contributed by atoms with van der Waals surface area (Å²) in [5.74, 6) is 0.614. The molecule has 110 valence electrons. The van der Waals surface area contributed by atoms with E-state index in [1.54, 1.807) is 24.3 Å². The van der Waals surface area contributed by atoms with Gasteiger partial charge < -0.3 is 22.1 Å². The standard InChI is InChI=1S/C14H18N6O/c1-8(2)19-13-11(15)14(18-7-17-13)20-10-5-3-9(4-6-10)12(16)21/h3-8H,15H2,1-2H3,(H2,16,21)(H2,17,18,19,20). The minimum atomic E-state index is -0.466. The van der Waals surface area contributed by atoms with Gasteiger partial charge >= 0.3 is 0 Å². The van der Waals surface area contributed by atoms with Crippen LogP contribution in [0.4, 0.5) is 23.0 Å². The molecule has 0 aliphatic rings. The van der Waals surface area contributed by atoms with Crippen LogP contribution in [0, 0.1) is 0 Å². The van der Waals surface area contributed by atoms with E-state index >= 15 is 0 Å². The zero-order valence-corrected chi connectivity index (χ0v) is 11.9. The SMILES string of the molecule is CC(C)Nc1ncnc(Nc2ccc(C(N)=O)cc2)c1N. The van der Waals surface area contributed by atoms with Gasteiger partial charge in [-0.2, -0.15) is 0 Å². The first-order valence-corrected chi connectivity index (χ1v) is 6.51. The Hall–Kier alpha value is -2.83. The Morgan fingerprint density at radius 2 is 1.76 bits per heavy atom. The third-order valence-corrected chi connectivity index (χ3v) is 2.74. The van der Waals surface area contributed by atoms with E-state index in [1.165, 1.54) is 6.33 Å². The normalized spacial score (nSPS) is 10.4. The number of amides is 1. The van der Waals surface area contributed by atoms with Crippen molar-refractivity contribution in [1.29, 1.82) is 0 Å². The van der Waals surface area contributed by atoms with Crippen LogP contribution in [0.2, 0.25) is 0 Å². The number of nitrogens with one attached hydrogen (secondary N) is 2.